The maximum atomic E-state index is 12.0. The molecule has 0 aliphatic carbocycles. The second-order valence-electron chi connectivity index (χ2n) is 5.29. The SMILES string of the molecule is CC(=O)Nc1cccc(NC(=O)Nc2ccc(NS(C)(=O)=O)cc2)c1. The number of rotatable bonds is 5. The molecule has 3 amide bonds. The van der Waals surface area contributed by atoms with Gasteiger partial charge in [0.2, 0.25) is 15.9 Å². The number of carbonyl (C=O) groups is 2. The van der Waals surface area contributed by atoms with Crippen LogP contribution in [0.5, 0.6) is 0 Å². The van der Waals surface area contributed by atoms with Gasteiger partial charge in [-0.3, -0.25) is 9.52 Å². The zero-order valence-corrected chi connectivity index (χ0v) is 14.5. The van der Waals surface area contributed by atoms with Gasteiger partial charge in [-0.15, -0.1) is 0 Å². The molecule has 0 aliphatic rings. The minimum atomic E-state index is -3.35. The van der Waals surface area contributed by atoms with Crippen molar-refractivity contribution in [2.24, 2.45) is 0 Å². The van der Waals surface area contributed by atoms with Crippen molar-refractivity contribution in [1.29, 1.82) is 0 Å². The molecule has 0 unspecified atom stereocenters. The molecule has 0 heterocycles. The molecule has 2 aromatic rings. The minimum Gasteiger partial charge on any atom is -0.326 e. The van der Waals surface area contributed by atoms with Gasteiger partial charge >= 0.3 is 6.03 Å². The number of hydrogen-bond donors (Lipinski definition) is 4. The Kier molecular flexibility index (Phi) is 5.60. The Bertz CT molecular complexity index is 879. The van der Waals surface area contributed by atoms with Gasteiger partial charge in [-0.1, -0.05) is 6.07 Å². The van der Waals surface area contributed by atoms with Gasteiger partial charge in [-0.2, -0.15) is 0 Å². The molecule has 2 aromatic carbocycles. The van der Waals surface area contributed by atoms with Crippen LogP contribution in [0.1, 0.15) is 6.92 Å². The number of anilines is 4. The first-order valence-electron chi connectivity index (χ1n) is 7.25. The maximum absolute atomic E-state index is 12.0. The Labute approximate surface area is 145 Å². The van der Waals surface area contributed by atoms with E-state index in [1.54, 1.807) is 36.4 Å². The van der Waals surface area contributed by atoms with Gasteiger partial charge in [0, 0.05) is 29.7 Å². The van der Waals surface area contributed by atoms with E-state index in [1.165, 1.54) is 19.1 Å². The summed E-state index contributed by atoms with van der Waals surface area (Å²) in [4.78, 5) is 23.1. The Morgan fingerprint density at radius 1 is 0.800 bits per heavy atom. The van der Waals surface area contributed by atoms with Crippen molar-refractivity contribution in [2.75, 3.05) is 26.9 Å². The van der Waals surface area contributed by atoms with E-state index in [0.717, 1.165) is 6.26 Å². The number of sulfonamides is 1. The second-order valence-corrected chi connectivity index (χ2v) is 7.04. The summed E-state index contributed by atoms with van der Waals surface area (Å²) in [6.07, 6.45) is 1.06. The van der Waals surface area contributed by atoms with Crippen LogP contribution in [0.3, 0.4) is 0 Å². The summed E-state index contributed by atoms with van der Waals surface area (Å²) >= 11 is 0. The highest BCUT2D eigenvalue weighted by Gasteiger charge is 2.05. The van der Waals surface area contributed by atoms with Gasteiger partial charge in [-0.25, -0.2) is 13.2 Å². The number of carbonyl (C=O) groups excluding carboxylic acids is 2. The van der Waals surface area contributed by atoms with Crippen LogP contribution < -0.4 is 20.7 Å². The third-order valence-corrected chi connectivity index (χ3v) is 3.49. The molecule has 0 fully saturated rings. The van der Waals surface area contributed by atoms with E-state index in [0.29, 0.717) is 22.7 Å². The van der Waals surface area contributed by atoms with E-state index < -0.39 is 16.1 Å². The Balaban J connectivity index is 1.97. The highest BCUT2D eigenvalue weighted by atomic mass is 32.2. The summed E-state index contributed by atoms with van der Waals surface area (Å²) < 4.78 is 24.6. The van der Waals surface area contributed by atoms with Crippen molar-refractivity contribution in [3.63, 3.8) is 0 Å². The van der Waals surface area contributed by atoms with E-state index in [4.69, 9.17) is 0 Å². The third kappa shape index (κ3) is 6.51. The highest BCUT2D eigenvalue weighted by molar-refractivity contribution is 7.92. The second kappa shape index (κ2) is 7.67. The standard InChI is InChI=1S/C16H18N4O4S/c1-11(21)17-14-4-3-5-15(10-14)19-16(22)18-12-6-8-13(9-7-12)20-25(2,23)24/h3-10,20H,1-2H3,(H,17,21)(H2,18,19,22). The monoisotopic (exact) mass is 362 g/mol. The van der Waals surface area contributed by atoms with Gasteiger partial charge in [0.05, 0.1) is 6.26 Å². The molecule has 0 saturated heterocycles. The van der Waals surface area contributed by atoms with E-state index >= 15 is 0 Å². The summed E-state index contributed by atoms with van der Waals surface area (Å²) in [5.74, 6) is -0.204. The van der Waals surface area contributed by atoms with Crippen LogP contribution >= 0.6 is 0 Å². The fraction of sp³-hybridized carbons (Fsp3) is 0.125. The van der Waals surface area contributed by atoms with Crippen molar-refractivity contribution in [3.05, 3.63) is 48.5 Å². The lowest BCUT2D eigenvalue weighted by atomic mass is 10.2. The van der Waals surface area contributed by atoms with Gasteiger partial charge in [-0.05, 0) is 42.5 Å². The topological polar surface area (TPSA) is 116 Å². The van der Waals surface area contributed by atoms with Gasteiger partial charge in [0.15, 0.2) is 0 Å². The molecule has 0 radical (unpaired) electrons. The van der Waals surface area contributed by atoms with Crippen molar-refractivity contribution in [3.8, 4) is 0 Å². The smallest absolute Gasteiger partial charge is 0.323 e. The fourth-order valence-corrected chi connectivity index (χ4v) is 2.57. The predicted octanol–water partition coefficient (Wildman–Crippen LogP) is 2.66. The van der Waals surface area contributed by atoms with E-state index in [9.17, 15) is 18.0 Å². The van der Waals surface area contributed by atoms with E-state index in [1.807, 2.05) is 0 Å². The quantitative estimate of drug-likeness (QED) is 0.654. The lowest BCUT2D eigenvalue weighted by Crippen LogP contribution is -2.19. The van der Waals surface area contributed by atoms with Crippen LogP contribution in [0.25, 0.3) is 0 Å². The molecule has 0 saturated carbocycles. The largest absolute Gasteiger partial charge is 0.326 e. The Morgan fingerprint density at radius 3 is 1.88 bits per heavy atom. The van der Waals surface area contributed by atoms with Crippen molar-refractivity contribution in [2.45, 2.75) is 6.92 Å². The number of nitrogens with one attached hydrogen (secondary N) is 4. The lowest BCUT2D eigenvalue weighted by Gasteiger charge is -2.10. The Morgan fingerprint density at radius 2 is 1.32 bits per heavy atom. The summed E-state index contributed by atoms with van der Waals surface area (Å²) in [6.45, 7) is 1.40. The number of benzene rings is 2. The van der Waals surface area contributed by atoms with Crippen LogP contribution in [0.4, 0.5) is 27.5 Å². The zero-order chi connectivity index (χ0) is 18.4. The van der Waals surface area contributed by atoms with E-state index in [2.05, 4.69) is 20.7 Å². The fourth-order valence-electron chi connectivity index (χ4n) is 2.01. The molecule has 0 spiro atoms. The average Bonchev–Trinajstić information content (AvgIpc) is 2.47. The van der Waals surface area contributed by atoms with E-state index in [-0.39, 0.29) is 5.91 Å². The van der Waals surface area contributed by atoms with Crippen molar-refractivity contribution in [1.82, 2.24) is 0 Å². The minimum absolute atomic E-state index is 0.204. The molecule has 9 heteroatoms. The molecule has 2 rings (SSSR count). The molecule has 0 aromatic heterocycles. The summed E-state index contributed by atoms with van der Waals surface area (Å²) in [6, 6.07) is 12.5. The van der Waals surface area contributed by atoms with Crippen molar-refractivity contribution >= 4 is 44.7 Å². The maximum Gasteiger partial charge on any atom is 0.323 e. The molecule has 0 aliphatic heterocycles. The zero-order valence-electron chi connectivity index (χ0n) is 13.7. The van der Waals surface area contributed by atoms with Crippen LogP contribution in [-0.4, -0.2) is 26.6 Å². The number of hydrogen-bond acceptors (Lipinski definition) is 4. The van der Waals surface area contributed by atoms with Crippen LogP contribution in [0, 0.1) is 0 Å². The first-order valence-corrected chi connectivity index (χ1v) is 9.14. The summed E-state index contributed by atoms with van der Waals surface area (Å²) in [7, 11) is -3.35. The number of amides is 3. The molecule has 0 bridgehead atoms. The van der Waals surface area contributed by atoms with Crippen LogP contribution in [0.15, 0.2) is 48.5 Å². The van der Waals surface area contributed by atoms with Gasteiger partial charge in [0.25, 0.3) is 0 Å². The molecular weight excluding hydrogens is 344 g/mol. The molecule has 132 valence electrons. The third-order valence-electron chi connectivity index (χ3n) is 2.89. The predicted molar refractivity (Wildman–Crippen MR) is 98.3 cm³/mol. The van der Waals surface area contributed by atoms with Gasteiger partial charge < -0.3 is 16.0 Å². The molecule has 4 N–H and O–H groups in total. The first-order chi connectivity index (χ1) is 11.7. The Hall–Kier alpha value is -3.07. The van der Waals surface area contributed by atoms with Gasteiger partial charge in [0.1, 0.15) is 0 Å². The molecule has 8 nitrogen and oxygen atoms in total. The number of urea groups is 1. The van der Waals surface area contributed by atoms with Crippen LogP contribution in [-0.2, 0) is 14.8 Å². The molecule has 0 atom stereocenters. The molecule has 25 heavy (non-hydrogen) atoms. The van der Waals surface area contributed by atoms with Crippen LogP contribution in [0.2, 0.25) is 0 Å². The summed E-state index contributed by atoms with van der Waals surface area (Å²) in [5.41, 5.74) is 1.98. The highest BCUT2D eigenvalue weighted by Crippen LogP contribution is 2.17. The lowest BCUT2D eigenvalue weighted by molar-refractivity contribution is -0.114. The first kappa shape index (κ1) is 18.3. The molecular formula is C16H18N4O4S. The normalized spacial score (nSPS) is 10.6. The van der Waals surface area contributed by atoms with Crippen molar-refractivity contribution < 1.29 is 18.0 Å². The summed E-state index contributed by atoms with van der Waals surface area (Å²) in [5, 5.41) is 7.90. The average molecular weight is 362 g/mol.